The molecule has 30 heavy (non-hydrogen) atoms. The topological polar surface area (TPSA) is 82.8 Å². The van der Waals surface area contributed by atoms with Crippen molar-refractivity contribution < 1.29 is 19.8 Å². The van der Waals surface area contributed by atoms with Crippen LogP contribution in [0.5, 0.6) is 0 Å². The number of benzene rings is 1. The SMILES string of the molecule is CC1(C)C[C@H]2C[C@@](C)(CN2[C@H](C(=O)O)c2cn(CCC(=O)O)c3cc(Br)ccc23)C1. The Morgan fingerprint density at radius 2 is 1.97 bits per heavy atom. The third-order valence-electron chi connectivity index (χ3n) is 6.76. The quantitative estimate of drug-likeness (QED) is 0.618. The van der Waals surface area contributed by atoms with Crippen LogP contribution >= 0.6 is 15.9 Å². The Morgan fingerprint density at radius 3 is 2.63 bits per heavy atom. The number of aromatic nitrogens is 1. The van der Waals surface area contributed by atoms with Crippen LogP contribution in [0, 0.1) is 10.8 Å². The normalized spacial score (nSPS) is 26.7. The van der Waals surface area contributed by atoms with Gasteiger partial charge in [0.25, 0.3) is 0 Å². The summed E-state index contributed by atoms with van der Waals surface area (Å²) in [4.78, 5) is 25.9. The lowest BCUT2D eigenvalue weighted by Crippen LogP contribution is -2.39. The van der Waals surface area contributed by atoms with Crippen LogP contribution in [-0.2, 0) is 16.1 Å². The Hall–Kier alpha value is -1.86. The fourth-order valence-electron chi connectivity index (χ4n) is 6.17. The summed E-state index contributed by atoms with van der Waals surface area (Å²) in [6.07, 6.45) is 4.98. The van der Waals surface area contributed by atoms with Crippen LogP contribution in [0.4, 0.5) is 0 Å². The summed E-state index contributed by atoms with van der Waals surface area (Å²) in [6.45, 7) is 7.93. The molecule has 1 aliphatic heterocycles. The molecule has 2 N–H and O–H groups in total. The molecule has 1 saturated heterocycles. The van der Waals surface area contributed by atoms with Crippen molar-refractivity contribution in [2.45, 2.75) is 65.1 Å². The minimum absolute atomic E-state index is 0.00787. The Morgan fingerprint density at radius 1 is 1.23 bits per heavy atom. The lowest BCUT2D eigenvalue weighted by Gasteiger charge is -2.40. The van der Waals surface area contributed by atoms with E-state index >= 15 is 0 Å². The predicted molar refractivity (Wildman–Crippen MR) is 119 cm³/mol. The number of fused-ring (bicyclic) bond motifs is 3. The fraction of sp³-hybridized carbons (Fsp3) is 0.565. The molecule has 2 fully saturated rings. The van der Waals surface area contributed by atoms with Crippen molar-refractivity contribution in [1.29, 1.82) is 0 Å². The molecule has 1 saturated carbocycles. The third kappa shape index (κ3) is 3.89. The average molecular weight is 477 g/mol. The highest BCUT2D eigenvalue weighted by Gasteiger charge is 2.52. The molecule has 0 unspecified atom stereocenters. The zero-order valence-corrected chi connectivity index (χ0v) is 19.3. The number of hydrogen-bond acceptors (Lipinski definition) is 3. The highest BCUT2D eigenvalue weighted by atomic mass is 79.9. The van der Waals surface area contributed by atoms with E-state index in [0.717, 1.165) is 46.7 Å². The summed E-state index contributed by atoms with van der Waals surface area (Å²) in [5.74, 6) is -1.71. The van der Waals surface area contributed by atoms with Gasteiger partial charge in [-0.15, -0.1) is 0 Å². The van der Waals surface area contributed by atoms with Crippen LogP contribution in [0.25, 0.3) is 10.9 Å². The van der Waals surface area contributed by atoms with E-state index in [1.807, 2.05) is 29.0 Å². The Balaban J connectivity index is 1.79. The number of aliphatic carboxylic acids is 2. The summed E-state index contributed by atoms with van der Waals surface area (Å²) in [6, 6.07) is 5.30. The zero-order valence-electron chi connectivity index (χ0n) is 17.7. The minimum atomic E-state index is -0.869. The number of carboxylic acid groups (broad SMARTS) is 2. The average Bonchev–Trinajstić information content (AvgIpc) is 3.06. The predicted octanol–water partition coefficient (Wildman–Crippen LogP) is 4.90. The maximum absolute atomic E-state index is 12.6. The number of likely N-dealkylation sites (tertiary alicyclic amines) is 1. The van der Waals surface area contributed by atoms with E-state index in [0.29, 0.717) is 6.54 Å². The second kappa shape index (κ2) is 7.38. The molecule has 1 aromatic carbocycles. The number of carboxylic acids is 2. The van der Waals surface area contributed by atoms with Gasteiger partial charge in [0.15, 0.2) is 0 Å². The minimum Gasteiger partial charge on any atom is -0.481 e. The molecule has 0 spiro atoms. The largest absolute Gasteiger partial charge is 0.481 e. The van der Waals surface area contributed by atoms with E-state index in [1.165, 1.54) is 0 Å². The summed E-state index contributed by atoms with van der Waals surface area (Å²) in [7, 11) is 0. The molecule has 0 amide bonds. The van der Waals surface area contributed by atoms with Gasteiger partial charge in [-0.3, -0.25) is 14.5 Å². The van der Waals surface area contributed by atoms with Gasteiger partial charge in [-0.2, -0.15) is 0 Å². The van der Waals surface area contributed by atoms with Crippen LogP contribution in [0.1, 0.15) is 58.1 Å². The second-order valence-electron chi connectivity index (χ2n) is 10.2. The zero-order chi connectivity index (χ0) is 21.8. The molecule has 162 valence electrons. The van der Waals surface area contributed by atoms with E-state index < -0.39 is 18.0 Å². The Bertz CT molecular complexity index is 1010. The molecular weight excluding hydrogens is 448 g/mol. The van der Waals surface area contributed by atoms with Crippen LogP contribution in [-0.4, -0.2) is 44.2 Å². The van der Waals surface area contributed by atoms with Gasteiger partial charge < -0.3 is 14.8 Å². The molecule has 3 atom stereocenters. The van der Waals surface area contributed by atoms with Crippen molar-refractivity contribution >= 4 is 38.8 Å². The summed E-state index contributed by atoms with van der Waals surface area (Å²) >= 11 is 3.49. The smallest absolute Gasteiger partial charge is 0.325 e. The third-order valence-corrected chi connectivity index (χ3v) is 7.25. The Labute approximate surface area is 185 Å². The van der Waals surface area contributed by atoms with Crippen LogP contribution < -0.4 is 0 Å². The van der Waals surface area contributed by atoms with E-state index in [2.05, 4.69) is 41.6 Å². The van der Waals surface area contributed by atoms with Crippen molar-refractivity contribution in [2.75, 3.05) is 6.54 Å². The first-order chi connectivity index (χ1) is 14.0. The molecule has 1 aromatic heterocycles. The molecule has 0 radical (unpaired) electrons. The molecular formula is C23H29BrN2O4. The van der Waals surface area contributed by atoms with Gasteiger partial charge >= 0.3 is 11.9 Å². The van der Waals surface area contributed by atoms with Crippen molar-refractivity contribution in [3.8, 4) is 0 Å². The lowest BCUT2D eigenvalue weighted by atomic mass is 9.65. The summed E-state index contributed by atoms with van der Waals surface area (Å²) < 4.78 is 2.77. The first-order valence-corrected chi connectivity index (χ1v) is 11.3. The number of carbonyl (C=O) groups is 2. The first kappa shape index (κ1) is 21.4. The van der Waals surface area contributed by atoms with Crippen LogP contribution in [0.15, 0.2) is 28.9 Å². The number of aryl methyl sites for hydroxylation is 1. The van der Waals surface area contributed by atoms with Crippen LogP contribution in [0.2, 0.25) is 0 Å². The maximum Gasteiger partial charge on any atom is 0.325 e. The van der Waals surface area contributed by atoms with Gasteiger partial charge in [0.2, 0.25) is 0 Å². The van der Waals surface area contributed by atoms with Gasteiger partial charge in [0, 0.05) is 46.3 Å². The maximum atomic E-state index is 12.6. The van der Waals surface area contributed by atoms with Gasteiger partial charge in [0.05, 0.1) is 6.42 Å². The van der Waals surface area contributed by atoms with Gasteiger partial charge in [-0.1, -0.05) is 42.8 Å². The van der Waals surface area contributed by atoms with Crippen molar-refractivity contribution in [2.24, 2.45) is 10.8 Å². The molecule has 2 bridgehead atoms. The number of hydrogen-bond donors (Lipinski definition) is 2. The standard InChI is InChI=1S/C23H29BrN2O4/c1-22(2)9-15-10-23(3,12-22)13-26(15)20(21(29)30)17-11-25(7-6-19(27)28)18-8-14(24)4-5-16(17)18/h4-5,8,11,15,20H,6-7,9-10,12-13H2,1-3H3,(H,27,28)(H,29,30)/t15-,20-,23+/m0/s1. The second-order valence-corrected chi connectivity index (χ2v) is 11.1. The number of rotatable bonds is 6. The first-order valence-electron chi connectivity index (χ1n) is 10.5. The van der Waals surface area contributed by atoms with Gasteiger partial charge in [-0.05, 0) is 42.2 Å². The van der Waals surface area contributed by atoms with Gasteiger partial charge in [0.1, 0.15) is 6.04 Å². The fourth-order valence-corrected chi connectivity index (χ4v) is 6.52. The Kier molecular flexibility index (Phi) is 5.26. The monoisotopic (exact) mass is 476 g/mol. The summed E-state index contributed by atoms with van der Waals surface area (Å²) in [5, 5.41) is 20.3. The van der Waals surface area contributed by atoms with E-state index in [-0.39, 0.29) is 23.3 Å². The number of nitrogens with zero attached hydrogens (tertiary/aromatic N) is 2. The molecule has 7 heteroatoms. The summed E-state index contributed by atoms with van der Waals surface area (Å²) in [5.41, 5.74) is 1.95. The number of halogens is 1. The van der Waals surface area contributed by atoms with Crippen molar-refractivity contribution in [1.82, 2.24) is 9.47 Å². The molecule has 2 aliphatic rings. The van der Waals surface area contributed by atoms with Crippen LogP contribution in [0.3, 0.4) is 0 Å². The highest BCUT2D eigenvalue weighted by molar-refractivity contribution is 9.10. The van der Waals surface area contributed by atoms with E-state index in [9.17, 15) is 14.7 Å². The molecule has 2 heterocycles. The lowest BCUT2D eigenvalue weighted by molar-refractivity contribution is -0.144. The molecule has 4 rings (SSSR count). The highest BCUT2D eigenvalue weighted by Crippen LogP contribution is 2.54. The van der Waals surface area contributed by atoms with E-state index in [4.69, 9.17) is 5.11 Å². The van der Waals surface area contributed by atoms with Gasteiger partial charge in [-0.25, -0.2) is 0 Å². The van der Waals surface area contributed by atoms with Crippen molar-refractivity contribution in [3.63, 3.8) is 0 Å². The molecule has 2 aromatic rings. The van der Waals surface area contributed by atoms with E-state index in [1.54, 1.807) is 0 Å². The van der Waals surface area contributed by atoms with Crippen molar-refractivity contribution in [3.05, 3.63) is 34.4 Å². The molecule has 1 aliphatic carbocycles. The molecule has 6 nitrogen and oxygen atoms in total.